The quantitative estimate of drug-likeness (QED) is 0.657. The Labute approximate surface area is 130 Å². The minimum atomic E-state index is -0.139. The topological polar surface area (TPSA) is 50.7 Å². The Balaban J connectivity index is 1.90. The number of rotatable bonds is 6. The molecule has 114 valence electrons. The molecule has 0 aromatic heterocycles. The summed E-state index contributed by atoms with van der Waals surface area (Å²) in [5.74, 6) is 0.670. The van der Waals surface area contributed by atoms with Crippen LogP contribution in [0.5, 0.6) is 5.75 Å². The molecule has 0 saturated heterocycles. The van der Waals surface area contributed by atoms with Crippen molar-refractivity contribution in [2.75, 3.05) is 6.61 Å². The van der Waals surface area contributed by atoms with Gasteiger partial charge >= 0.3 is 0 Å². The second-order valence-corrected chi connectivity index (χ2v) is 4.85. The van der Waals surface area contributed by atoms with E-state index in [2.05, 4.69) is 10.5 Å². The lowest BCUT2D eigenvalue weighted by atomic mass is 10.1. The molecule has 0 radical (unpaired) electrons. The summed E-state index contributed by atoms with van der Waals surface area (Å²) in [6, 6.07) is 17.2. The molecule has 4 nitrogen and oxygen atoms in total. The van der Waals surface area contributed by atoms with Crippen LogP contribution < -0.4 is 10.2 Å². The molecule has 0 aliphatic heterocycles. The van der Waals surface area contributed by atoms with Gasteiger partial charge in [-0.2, -0.15) is 5.10 Å². The predicted octanol–water partition coefficient (Wildman–Crippen LogP) is 3.17. The van der Waals surface area contributed by atoms with Gasteiger partial charge in [-0.05, 0) is 37.1 Å². The van der Waals surface area contributed by atoms with Gasteiger partial charge in [0.05, 0.1) is 18.7 Å². The molecule has 2 aromatic carbocycles. The maximum absolute atomic E-state index is 11.9. The standard InChI is InChI=1S/C18H20N2O2/c1-3-22-17-11-9-15(10-12-17)13-18(21)20-19-14(2)16-7-5-4-6-8-16/h4-12H,3,13H2,1-2H3,(H,20,21)/b19-14-. The molecular weight excluding hydrogens is 276 g/mol. The van der Waals surface area contributed by atoms with Crippen LogP contribution in [-0.2, 0) is 11.2 Å². The monoisotopic (exact) mass is 296 g/mol. The molecule has 1 N–H and O–H groups in total. The smallest absolute Gasteiger partial charge is 0.244 e. The fourth-order valence-electron chi connectivity index (χ4n) is 1.99. The highest BCUT2D eigenvalue weighted by atomic mass is 16.5. The van der Waals surface area contributed by atoms with E-state index in [-0.39, 0.29) is 12.3 Å². The summed E-state index contributed by atoms with van der Waals surface area (Å²) in [5, 5.41) is 4.13. The zero-order valence-electron chi connectivity index (χ0n) is 12.9. The Kier molecular flexibility index (Phi) is 5.72. The number of ether oxygens (including phenoxy) is 1. The van der Waals surface area contributed by atoms with Crippen LogP contribution in [0.4, 0.5) is 0 Å². The summed E-state index contributed by atoms with van der Waals surface area (Å²) in [5.41, 5.74) is 5.28. The van der Waals surface area contributed by atoms with E-state index in [1.807, 2.05) is 68.4 Å². The zero-order valence-corrected chi connectivity index (χ0v) is 12.9. The first kappa shape index (κ1) is 15.8. The van der Waals surface area contributed by atoms with E-state index in [0.29, 0.717) is 6.61 Å². The van der Waals surface area contributed by atoms with Gasteiger partial charge in [0.25, 0.3) is 0 Å². The first-order chi connectivity index (χ1) is 10.7. The van der Waals surface area contributed by atoms with Crippen molar-refractivity contribution in [3.63, 3.8) is 0 Å². The lowest BCUT2D eigenvalue weighted by Crippen LogP contribution is -2.21. The SMILES string of the molecule is CCOc1ccc(CC(=O)N/N=C(/C)c2ccccc2)cc1. The zero-order chi connectivity index (χ0) is 15.8. The second-order valence-electron chi connectivity index (χ2n) is 4.85. The van der Waals surface area contributed by atoms with E-state index in [0.717, 1.165) is 22.6 Å². The van der Waals surface area contributed by atoms with Gasteiger partial charge in [0.15, 0.2) is 0 Å². The molecule has 0 fully saturated rings. The number of hydrazone groups is 1. The summed E-state index contributed by atoms with van der Waals surface area (Å²) >= 11 is 0. The van der Waals surface area contributed by atoms with E-state index >= 15 is 0 Å². The molecule has 1 amide bonds. The van der Waals surface area contributed by atoms with Crippen molar-refractivity contribution in [1.82, 2.24) is 5.43 Å². The fraction of sp³-hybridized carbons (Fsp3) is 0.222. The third-order valence-electron chi connectivity index (χ3n) is 3.14. The van der Waals surface area contributed by atoms with E-state index < -0.39 is 0 Å². The third-order valence-corrected chi connectivity index (χ3v) is 3.14. The Bertz CT molecular complexity index is 634. The van der Waals surface area contributed by atoms with E-state index in [9.17, 15) is 4.79 Å². The second kappa shape index (κ2) is 7.98. The fourth-order valence-corrected chi connectivity index (χ4v) is 1.99. The maximum atomic E-state index is 11.9. The summed E-state index contributed by atoms with van der Waals surface area (Å²) in [7, 11) is 0. The van der Waals surface area contributed by atoms with Gasteiger partial charge in [-0.1, -0.05) is 42.5 Å². The van der Waals surface area contributed by atoms with Crippen LogP contribution in [0.25, 0.3) is 0 Å². The molecule has 0 bridgehead atoms. The van der Waals surface area contributed by atoms with E-state index in [1.165, 1.54) is 0 Å². The van der Waals surface area contributed by atoms with Gasteiger partial charge in [-0.3, -0.25) is 4.79 Å². The molecule has 0 unspecified atom stereocenters. The minimum absolute atomic E-state index is 0.139. The Morgan fingerprint density at radius 3 is 2.41 bits per heavy atom. The molecule has 0 saturated carbocycles. The molecule has 0 aliphatic rings. The number of nitrogens with zero attached hydrogens (tertiary/aromatic N) is 1. The molecule has 2 rings (SSSR count). The van der Waals surface area contributed by atoms with Crippen molar-refractivity contribution in [2.24, 2.45) is 5.10 Å². The molecule has 0 aliphatic carbocycles. The number of nitrogens with one attached hydrogen (secondary N) is 1. The van der Waals surface area contributed by atoms with Crippen molar-refractivity contribution in [2.45, 2.75) is 20.3 Å². The number of carbonyl (C=O) groups excluding carboxylic acids is 1. The number of benzene rings is 2. The summed E-state index contributed by atoms with van der Waals surface area (Å²) in [4.78, 5) is 11.9. The van der Waals surface area contributed by atoms with Crippen LogP contribution in [0.2, 0.25) is 0 Å². The van der Waals surface area contributed by atoms with Crippen LogP contribution in [0.3, 0.4) is 0 Å². The van der Waals surface area contributed by atoms with Gasteiger partial charge in [0, 0.05) is 0 Å². The highest BCUT2D eigenvalue weighted by Crippen LogP contribution is 2.12. The van der Waals surface area contributed by atoms with Crippen molar-refractivity contribution < 1.29 is 9.53 Å². The van der Waals surface area contributed by atoms with E-state index in [4.69, 9.17) is 4.74 Å². The van der Waals surface area contributed by atoms with E-state index in [1.54, 1.807) is 0 Å². The minimum Gasteiger partial charge on any atom is -0.494 e. The first-order valence-electron chi connectivity index (χ1n) is 7.29. The predicted molar refractivity (Wildman–Crippen MR) is 88.1 cm³/mol. The molecule has 22 heavy (non-hydrogen) atoms. The normalized spacial score (nSPS) is 11.1. The Morgan fingerprint density at radius 1 is 1.09 bits per heavy atom. The maximum Gasteiger partial charge on any atom is 0.244 e. The van der Waals surface area contributed by atoms with Crippen molar-refractivity contribution in [3.8, 4) is 5.75 Å². The van der Waals surface area contributed by atoms with Crippen molar-refractivity contribution in [3.05, 3.63) is 65.7 Å². The third kappa shape index (κ3) is 4.74. The van der Waals surface area contributed by atoms with Crippen LogP contribution in [-0.4, -0.2) is 18.2 Å². The molecule has 0 heterocycles. The summed E-state index contributed by atoms with van der Waals surface area (Å²) in [6.07, 6.45) is 0.290. The molecule has 2 aromatic rings. The van der Waals surface area contributed by atoms with Gasteiger partial charge in [-0.15, -0.1) is 0 Å². The molecule has 4 heteroatoms. The Hall–Kier alpha value is -2.62. The van der Waals surface area contributed by atoms with Crippen LogP contribution in [0, 0.1) is 0 Å². The van der Waals surface area contributed by atoms with Gasteiger partial charge in [0.1, 0.15) is 5.75 Å². The molecule has 0 spiro atoms. The number of carbonyl (C=O) groups is 1. The summed E-state index contributed by atoms with van der Waals surface area (Å²) < 4.78 is 5.37. The largest absolute Gasteiger partial charge is 0.494 e. The average Bonchev–Trinajstić information content (AvgIpc) is 2.55. The highest BCUT2D eigenvalue weighted by molar-refractivity contribution is 5.99. The van der Waals surface area contributed by atoms with Gasteiger partial charge in [0.2, 0.25) is 5.91 Å². The lowest BCUT2D eigenvalue weighted by molar-refractivity contribution is -0.120. The lowest BCUT2D eigenvalue weighted by Gasteiger charge is -2.05. The average molecular weight is 296 g/mol. The van der Waals surface area contributed by atoms with Gasteiger partial charge in [-0.25, -0.2) is 5.43 Å². The first-order valence-corrected chi connectivity index (χ1v) is 7.29. The van der Waals surface area contributed by atoms with Crippen molar-refractivity contribution in [1.29, 1.82) is 0 Å². The van der Waals surface area contributed by atoms with Crippen molar-refractivity contribution >= 4 is 11.6 Å². The summed E-state index contributed by atoms with van der Waals surface area (Å²) in [6.45, 7) is 4.44. The molecule has 0 atom stereocenters. The van der Waals surface area contributed by atoms with Crippen LogP contribution >= 0.6 is 0 Å². The number of hydrogen-bond acceptors (Lipinski definition) is 3. The number of amides is 1. The van der Waals surface area contributed by atoms with Crippen LogP contribution in [0.1, 0.15) is 25.0 Å². The Morgan fingerprint density at radius 2 is 1.77 bits per heavy atom. The molecular formula is C18H20N2O2. The van der Waals surface area contributed by atoms with Crippen LogP contribution in [0.15, 0.2) is 59.7 Å². The van der Waals surface area contributed by atoms with Gasteiger partial charge < -0.3 is 4.74 Å². The highest BCUT2D eigenvalue weighted by Gasteiger charge is 2.03. The number of hydrogen-bond donors (Lipinski definition) is 1.